The number of nitrogens with zero attached hydrogens (tertiary/aromatic N) is 1. The Bertz CT molecular complexity index is 1290. The van der Waals surface area contributed by atoms with Crippen LogP contribution in [0.5, 0.6) is 11.5 Å². The first-order chi connectivity index (χ1) is 16.4. The normalized spacial score (nSPS) is 13.2. The molecule has 1 aliphatic heterocycles. The molecule has 3 aromatic carbocycles. The molecule has 34 heavy (non-hydrogen) atoms. The molecule has 172 valence electrons. The number of benzene rings is 3. The number of rotatable bonds is 7. The maximum atomic E-state index is 12.8. The summed E-state index contributed by atoms with van der Waals surface area (Å²) in [5, 5.41) is 5.47. The summed E-state index contributed by atoms with van der Waals surface area (Å²) in [6.07, 6.45) is 0. The lowest BCUT2D eigenvalue weighted by Gasteiger charge is -2.15. The average Bonchev–Trinajstić information content (AvgIpc) is 3.08. The number of nitrogens with one attached hydrogen (secondary N) is 2. The molecule has 1 heterocycles. The Labute approximate surface area is 200 Å². The minimum atomic E-state index is -0.607. The molecule has 0 aromatic heterocycles. The summed E-state index contributed by atoms with van der Waals surface area (Å²) in [6, 6.07) is 20.0. The minimum absolute atomic E-state index is 0.0318. The number of amides is 3. The number of methoxy groups -OCH3 is 2. The highest BCUT2D eigenvalue weighted by Gasteiger charge is 2.38. The van der Waals surface area contributed by atoms with Crippen LogP contribution in [0.2, 0.25) is 0 Å². The fourth-order valence-electron chi connectivity index (χ4n) is 3.37. The first kappa shape index (κ1) is 22.9. The largest absolute Gasteiger partial charge is 0.497 e. The van der Waals surface area contributed by atoms with E-state index in [1.165, 1.54) is 7.11 Å². The molecule has 8 nitrogen and oxygen atoms in total. The van der Waals surface area contributed by atoms with Gasteiger partial charge in [-0.05, 0) is 48.5 Å². The van der Waals surface area contributed by atoms with Gasteiger partial charge in [0.15, 0.2) is 0 Å². The molecule has 0 aliphatic carbocycles. The predicted octanol–water partition coefficient (Wildman–Crippen LogP) is 4.39. The van der Waals surface area contributed by atoms with Crippen LogP contribution in [-0.4, -0.2) is 31.9 Å². The van der Waals surface area contributed by atoms with Gasteiger partial charge in [-0.2, -0.15) is 0 Å². The molecule has 3 amide bonds. The maximum Gasteiger partial charge on any atom is 0.283 e. The Balaban J connectivity index is 1.47. The predicted molar refractivity (Wildman–Crippen MR) is 129 cm³/mol. The summed E-state index contributed by atoms with van der Waals surface area (Å²) < 4.78 is 10.5. The molecule has 3 aromatic rings. The highest BCUT2D eigenvalue weighted by atomic mass is 35.5. The molecule has 0 spiro atoms. The minimum Gasteiger partial charge on any atom is -0.497 e. The summed E-state index contributed by atoms with van der Waals surface area (Å²) in [7, 11) is 3.04. The van der Waals surface area contributed by atoms with Crippen molar-refractivity contribution >= 4 is 46.4 Å². The van der Waals surface area contributed by atoms with E-state index in [4.69, 9.17) is 21.1 Å². The van der Waals surface area contributed by atoms with Crippen molar-refractivity contribution in [3.05, 3.63) is 89.1 Å². The van der Waals surface area contributed by atoms with E-state index >= 15 is 0 Å². The van der Waals surface area contributed by atoms with Crippen LogP contribution in [0.25, 0.3) is 0 Å². The number of carbonyl (C=O) groups excluding carboxylic acids is 3. The van der Waals surface area contributed by atoms with E-state index in [0.717, 1.165) is 4.90 Å². The number of hydrogen-bond donors (Lipinski definition) is 2. The van der Waals surface area contributed by atoms with E-state index in [1.807, 2.05) is 0 Å². The summed E-state index contributed by atoms with van der Waals surface area (Å²) in [5.41, 5.74) is 1.75. The van der Waals surface area contributed by atoms with Crippen molar-refractivity contribution in [1.29, 1.82) is 0 Å². The lowest BCUT2D eigenvalue weighted by molar-refractivity contribution is -0.120. The zero-order chi connectivity index (χ0) is 24.2. The molecule has 0 fully saturated rings. The fraction of sp³-hybridized carbons (Fsp3) is 0.0800. The van der Waals surface area contributed by atoms with Gasteiger partial charge >= 0.3 is 0 Å². The molecule has 0 saturated carbocycles. The summed E-state index contributed by atoms with van der Waals surface area (Å²) in [6.45, 7) is 0. The monoisotopic (exact) mass is 477 g/mol. The molecule has 1 aliphatic rings. The number of imide groups is 1. The van der Waals surface area contributed by atoms with Crippen LogP contribution in [-0.2, 0) is 9.59 Å². The smallest absolute Gasteiger partial charge is 0.283 e. The van der Waals surface area contributed by atoms with E-state index in [2.05, 4.69) is 10.6 Å². The van der Waals surface area contributed by atoms with Gasteiger partial charge in [-0.3, -0.25) is 14.4 Å². The highest BCUT2D eigenvalue weighted by Crippen LogP contribution is 2.31. The van der Waals surface area contributed by atoms with Crippen molar-refractivity contribution in [1.82, 2.24) is 0 Å². The number of anilines is 3. The molecular formula is C25H20ClN3O5. The van der Waals surface area contributed by atoms with E-state index in [1.54, 1.807) is 79.9 Å². The van der Waals surface area contributed by atoms with Gasteiger partial charge in [0.2, 0.25) is 0 Å². The topological polar surface area (TPSA) is 97.0 Å². The first-order valence-corrected chi connectivity index (χ1v) is 10.5. The van der Waals surface area contributed by atoms with E-state index < -0.39 is 11.8 Å². The summed E-state index contributed by atoms with van der Waals surface area (Å²) >= 11 is 6.16. The second-order valence-corrected chi connectivity index (χ2v) is 7.57. The van der Waals surface area contributed by atoms with Crippen LogP contribution >= 0.6 is 11.6 Å². The molecule has 0 radical (unpaired) electrons. The average molecular weight is 478 g/mol. The van der Waals surface area contributed by atoms with Crippen LogP contribution in [0.15, 0.2) is 83.5 Å². The van der Waals surface area contributed by atoms with Crippen LogP contribution in [0.1, 0.15) is 10.4 Å². The Morgan fingerprint density at radius 2 is 1.59 bits per heavy atom. The standard InChI is InChI=1S/C25H20ClN3O5/c1-33-18-12-13-19(20(14-18)34-2)28-23(30)15-8-10-16(11-9-15)27-22-21(26)24(31)29(25(22)32)17-6-4-3-5-7-17/h3-14,27H,1-2H3,(H,28,30). The lowest BCUT2D eigenvalue weighted by Crippen LogP contribution is -2.32. The number of hydrogen-bond acceptors (Lipinski definition) is 6. The lowest BCUT2D eigenvalue weighted by atomic mass is 10.1. The zero-order valence-corrected chi connectivity index (χ0v) is 19.1. The van der Waals surface area contributed by atoms with E-state index in [-0.39, 0.29) is 16.6 Å². The van der Waals surface area contributed by atoms with Gasteiger partial charge in [0.25, 0.3) is 17.7 Å². The summed E-state index contributed by atoms with van der Waals surface area (Å²) in [4.78, 5) is 39.1. The Morgan fingerprint density at radius 1 is 0.882 bits per heavy atom. The molecule has 0 unspecified atom stereocenters. The van der Waals surface area contributed by atoms with Crippen LogP contribution in [0, 0.1) is 0 Å². The van der Waals surface area contributed by atoms with Gasteiger partial charge in [-0.15, -0.1) is 0 Å². The van der Waals surface area contributed by atoms with Gasteiger partial charge in [0, 0.05) is 17.3 Å². The number of ether oxygens (including phenoxy) is 2. The van der Waals surface area contributed by atoms with E-state index in [0.29, 0.717) is 34.1 Å². The summed E-state index contributed by atoms with van der Waals surface area (Å²) in [5.74, 6) is -0.460. The van der Waals surface area contributed by atoms with Crippen LogP contribution in [0.4, 0.5) is 17.1 Å². The van der Waals surface area contributed by atoms with E-state index in [9.17, 15) is 14.4 Å². The van der Waals surface area contributed by atoms with Crippen molar-refractivity contribution in [3.63, 3.8) is 0 Å². The third-order valence-electron chi connectivity index (χ3n) is 5.12. The molecule has 2 N–H and O–H groups in total. The number of halogens is 1. The zero-order valence-electron chi connectivity index (χ0n) is 18.3. The highest BCUT2D eigenvalue weighted by molar-refractivity contribution is 6.53. The second kappa shape index (κ2) is 9.68. The maximum absolute atomic E-state index is 12.8. The van der Waals surface area contributed by atoms with Gasteiger partial charge in [-0.25, -0.2) is 4.90 Å². The van der Waals surface area contributed by atoms with Crippen LogP contribution in [0.3, 0.4) is 0 Å². The van der Waals surface area contributed by atoms with Gasteiger partial charge in [0.1, 0.15) is 22.2 Å². The van der Waals surface area contributed by atoms with Crippen molar-refractivity contribution in [3.8, 4) is 11.5 Å². The van der Waals surface area contributed by atoms with Gasteiger partial charge < -0.3 is 20.1 Å². The second-order valence-electron chi connectivity index (χ2n) is 7.19. The van der Waals surface area contributed by atoms with Gasteiger partial charge in [0.05, 0.1) is 25.6 Å². The van der Waals surface area contributed by atoms with Crippen molar-refractivity contribution in [2.24, 2.45) is 0 Å². The Hall–Kier alpha value is -4.30. The molecule has 4 rings (SSSR count). The Morgan fingerprint density at radius 3 is 2.24 bits per heavy atom. The third kappa shape index (κ3) is 4.44. The molecule has 0 saturated heterocycles. The van der Waals surface area contributed by atoms with Crippen molar-refractivity contribution < 1.29 is 23.9 Å². The van der Waals surface area contributed by atoms with Gasteiger partial charge in [-0.1, -0.05) is 29.8 Å². The SMILES string of the molecule is COc1ccc(NC(=O)c2ccc(NC3=C(Cl)C(=O)N(c4ccccc4)C3=O)cc2)c(OC)c1. The number of carbonyl (C=O) groups is 3. The molecule has 9 heteroatoms. The third-order valence-corrected chi connectivity index (χ3v) is 5.47. The Kier molecular flexibility index (Phi) is 6.51. The quantitative estimate of drug-likeness (QED) is 0.490. The molecular weight excluding hydrogens is 458 g/mol. The fourth-order valence-corrected chi connectivity index (χ4v) is 3.58. The molecule has 0 atom stereocenters. The van der Waals surface area contributed by atoms with Crippen LogP contribution < -0.4 is 25.0 Å². The number of para-hydroxylation sites is 1. The van der Waals surface area contributed by atoms with Crippen molar-refractivity contribution in [2.75, 3.05) is 29.8 Å². The molecule has 0 bridgehead atoms. The first-order valence-electron chi connectivity index (χ1n) is 10.2. The van der Waals surface area contributed by atoms with Crippen molar-refractivity contribution in [2.45, 2.75) is 0 Å².